The van der Waals surface area contributed by atoms with Crippen molar-refractivity contribution in [3.8, 4) is 0 Å². The average Bonchev–Trinajstić information content (AvgIpc) is 3.29. The minimum atomic E-state index is -0.511. The zero-order valence-corrected chi connectivity index (χ0v) is 24.8. The lowest BCUT2D eigenvalue weighted by atomic mass is 10.2. The van der Waals surface area contributed by atoms with Crippen molar-refractivity contribution in [3.05, 3.63) is 71.9 Å². The Morgan fingerprint density at radius 1 is 1.12 bits per heavy atom. The molecule has 1 aliphatic heterocycles. The summed E-state index contributed by atoms with van der Waals surface area (Å²) in [4.78, 5) is 49.7. The van der Waals surface area contributed by atoms with Crippen molar-refractivity contribution in [2.45, 2.75) is 19.5 Å². The standard InChI is InChI=1S/C30H38N10O3/c1-5-14-32-28-22(17-34-30(38-28)36-20-10-8-19(9-11-20)27(31)42)29(43)35-21-12-13-24-23(16-21)37-25(40(24)4)18-33-26(41)7-6-15-39(2)3/h6-13,16-17,25,37H,5,14-15,18H2,1-4H3,(H2,31,42)(H,33,41)(H,35,43)(H2,32,34,36,38)/b7-6+. The van der Waals surface area contributed by atoms with Gasteiger partial charge in [0, 0.05) is 49.3 Å². The molecular weight excluding hydrogens is 548 g/mol. The lowest BCUT2D eigenvalue weighted by Gasteiger charge is -2.22. The maximum absolute atomic E-state index is 13.3. The molecule has 7 N–H and O–H groups in total. The fourth-order valence-electron chi connectivity index (χ4n) is 4.33. The Hall–Kier alpha value is -5.17. The number of nitrogens with one attached hydrogen (secondary N) is 5. The molecule has 0 bridgehead atoms. The van der Waals surface area contributed by atoms with Gasteiger partial charge in [-0.3, -0.25) is 14.4 Å². The van der Waals surface area contributed by atoms with Crippen LogP contribution in [0.2, 0.25) is 0 Å². The van der Waals surface area contributed by atoms with Gasteiger partial charge in [0.2, 0.25) is 17.8 Å². The number of rotatable bonds is 13. The Kier molecular flexibility index (Phi) is 10.1. The molecule has 13 heteroatoms. The molecule has 3 amide bonds. The molecule has 2 heterocycles. The molecular formula is C30H38N10O3. The number of fused-ring (bicyclic) bond motifs is 1. The van der Waals surface area contributed by atoms with Crippen LogP contribution in [-0.2, 0) is 4.79 Å². The minimum Gasteiger partial charge on any atom is -0.369 e. The first-order valence-electron chi connectivity index (χ1n) is 14.0. The van der Waals surface area contributed by atoms with Gasteiger partial charge in [-0.1, -0.05) is 13.0 Å². The largest absolute Gasteiger partial charge is 0.369 e. The Labute approximate surface area is 250 Å². The molecule has 1 aliphatic rings. The predicted molar refractivity (Wildman–Crippen MR) is 170 cm³/mol. The van der Waals surface area contributed by atoms with E-state index in [1.807, 2.05) is 62.1 Å². The monoisotopic (exact) mass is 586 g/mol. The fraction of sp³-hybridized carbons (Fsp3) is 0.300. The second kappa shape index (κ2) is 14.1. The van der Waals surface area contributed by atoms with Gasteiger partial charge in [-0.2, -0.15) is 4.98 Å². The number of likely N-dealkylation sites (N-methyl/N-ethyl adjacent to an activating group) is 2. The number of nitrogens with two attached hydrogens (primary N) is 1. The molecule has 43 heavy (non-hydrogen) atoms. The first-order chi connectivity index (χ1) is 20.6. The summed E-state index contributed by atoms with van der Waals surface area (Å²) in [5, 5.41) is 15.5. The molecule has 0 aliphatic carbocycles. The summed E-state index contributed by atoms with van der Waals surface area (Å²) in [5.41, 5.74) is 9.04. The van der Waals surface area contributed by atoms with Crippen LogP contribution >= 0.6 is 0 Å². The summed E-state index contributed by atoms with van der Waals surface area (Å²) in [6, 6.07) is 12.2. The predicted octanol–water partition coefficient (Wildman–Crippen LogP) is 2.82. The van der Waals surface area contributed by atoms with Crippen LogP contribution in [0, 0.1) is 0 Å². The highest BCUT2D eigenvalue weighted by molar-refractivity contribution is 6.08. The van der Waals surface area contributed by atoms with E-state index >= 15 is 0 Å². The van der Waals surface area contributed by atoms with Gasteiger partial charge in [0.1, 0.15) is 17.5 Å². The van der Waals surface area contributed by atoms with E-state index in [-0.39, 0.29) is 29.5 Å². The normalized spacial score (nSPS) is 13.9. The van der Waals surface area contributed by atoms with Crippen molar-refractivity contribution in [1.82, 2.24) is 20.2 Å². The number of nitrogens with zero attached hydrogens (tertiary/aromatic N) is 4. The lowest BCUT2D eigenvalue weighted by molar-refractivity contribution is -0.116. The van der Waals surface area contributed by atoms with Gasteiger partial charge in [-0.15, -0.1) is 0 Å². The van der Waals surface area contributed by atoms with Crippen molar-refractivity contribution in [1.29, 1.82) is 0 Å². The van der Waals surface area contributed by atoms with E-state index in [1.54, 1.807) is 24.3 Å². The third kappa shape index (κ3) is 8.20. The van der Waals surface area contributed by atoms with Gasteiger partial charge < -0.3 is 42.1 Å². The zero-order valence-electron chi connectivity index (χ0n) is 24.8. The number of primary amides is 1. The van der Waals surface area contributed by atoms with Crippen molar-refractivity contribution in [2.75, 3.05) is 66.9 Å². The third-order valence-corrected chi connectivity index (χ3v) is 6.63. The molecule has 4 rings (SSSR count). The van der Waals surface area contributed by atoms with Crippen LogP contribution in [0.25, 0.3) is 0 Å². The number of carbonyl (C=O) groups excluding carboxylic acids is 3. The number of hydrogen-bond acceptors (Lipinski definition) is 10. The van der Waals surface area contributed by atoms with Crippen molar-refractivity contribution >= 4 is 52.2 Å². The second-order valence-corrected chi connectivity index (χ2v) is 10.3. The third-order valence-electron chi connectivity index (χ3n) is 6.63. The minimum absolute atomic E-state index is 0.141. The van der Waals surface area contributed by atoms with Gasteiger partial charge in [0.15, 0.2) is 0 Å². The van der Waals surface area contributed by atoms with E-state index in [4.69, 9.17) is 5.73 Å². The summed E-state index contributed by atoms with van der Waals surface area (Å²) in [7, 11) is 5.82. The molecule has 0 saturated heterocycles. The maximum atomic E-state index is 13.3. The van der Waals surface area contributed by atoms with Gasteiger partial charge in [0.25, 0.3) is 5.91 Å². The summed E-state index contributed by atoms with van der Waals surface area (Å²) < 4.78 is 0. The van der Waals surface area contributed by atoms with Crippen molar-refractivity contribution in [3.63, 3.8) is 0 Å². The van der Waals surface area contributed by atoms with Crippen LogP contribution in [0.15, 0.2) is 60.8 Å². The summed E-state index contributed by atoms with van der Waals surface area (Å²) in [5.74, 6) is -0.352. The molecule has 226 valence electrons. The molecule has 0 fully saturated rings. The van der Waals surface area contributed by atoms with Crippen LogP contribution in [0.4, 0.5) is 34.5 Å². The summed E-state index contributed by atoms with van der Waals surface area (Å²) in [6.45, 7) is 3.72. The van der Waals surface area contributed by atoms with Crippen LogP contribution in [0.1, 0.15) is 34.1 Å². The van der Waals surface area contributed by atoms with E-state index in [9.17, 15) is 14.4 Å². The van der Waals surface area contributed by atoms with E-state index in [2.05, 4.69) is 36.6 Å². The Morgan fingerprint density at radius 3 is 2.56 bits per heavy atom. The van der Waals surface area contributed by atoms with E-state index in [0.717, 1.165) is 17.8 Å². The number of aromatic nitrogens is 2. The molecule has 2 aromatic carbocycles. The Bertz CT molecular complexity index is 1490. The molecule has 0 saturated carbocycles. The first kappa shape index (κ1) is 30.8. The molecule has 1 unspecified atom stereocenters. The van der Waals surface area contributed by atoms with Gasteiger partial charge in [-0.25, -0.2) is 4.98 Å². The SMILES string of the molecule is CCCNc1nc(Nc2ccc(C(N)=O)cc2)ncc1C(=O)Nc1ccc2c(c1)NC(CNC(=O)/C=C/CN(C)C)N2C. The summed E-state index contributed by atoms with van der Waals surface area (Å²) in [6.07, 6.45) is 5.51. The maximum Gasteiger partial charge on any atom is 0.260 e. The van der Waals surface area contributed by atoms with Gasteiger partial charge >= 0.3 is 0 Å². The second-order valence-electron chi connectivity index (χ2n) is 10.3. The molecule has 0 radical (unpaired) electrons. The van der Waals surface area contributed by atoms with Crippen molar-refractivity contribution < 1.29 is 14.4 Å². The van der Waals surface area contributed by atoms with E-state index in [0.29, 0.717) is 42.4 Å². The average molecular weight is 587 g/mol. The summed E-state index contributed by atoms with van der Waals surface area (Å²) >= 11 is 0. The molecule has 0 spiro atoms. The molecule has 13 nitrogen and oxygen atoms in total. The number of carbonyl (C=O) groups is 3. The van der Waals surface area contributed by atoms with Gasteiger partial charge in [-0.05, 0) is 63.0 Å². The smallest absolute Gasteiger partial charge is 0.260 e. The molecule has 1 atom stereocenters. The highest BCUT2D eigenvalue weighted by Crippen LogP contribution is 2.35. The number of anilines is 6. The highest BCUT2D eigenvalue weighted by atomic mass is 16.2. The first-order valence-corrected chi connectivity index (χ1v) is 14.0. The Balaban J connectivity index is 1.42. The number of hydrogen-bond donors (Lipinski definition) is 6. The lowest BCUT2D eigenvalue weighted by Crippen LogP contribution is -2.43. The van der Waals surface area contributed by atoms with Gasteiger partial charge in [0.05, 0.1) is 17.9 Å². The highest BCUT2D eigenvalue weighted by Gasteiger charge is 2.26. The van der Waals surface area contributed by atoms with E-state index in [1.165, 1.54) is 12.3 Å². The number of benzene rings is 2. The number of amides is 3. The molecule has 1 aromatic heterocycles. The van der Waals surface area contributed by atoms with E-state index < -0.39 is 5.91 Å². The zero-order chi connectivity index (χ0) is 30.9. The van der Waals surface area contributed by atoms with Crippen molar-refractivity contribution in [2.24, 2.45) is 5.73 Å². The fourth-order valence-corrected chi connectivity index (χ4v) is 4.33. The van der Waals surface area contributed by atoms with Crippen LogP contribution in [-0.4, -0.2) is 79.5 Å². The Morgan fingerprint density at radius 2 is 1.86 bits per heavy atom. The molecule has 3 aromatic rings. The van der Waals surface area contributed by atoms with Crippen LogP contribution in [0.5, 0.6) is 0 Å². The topological polar surface area (TPSA) is 170 Å². The van der Waals surface area contributed by atoms with Crippen LogP contribution in [0.3, 0.4) is 0 Å². The quantitative estimate of drug-likeness (QED) is 0.164. The van der Waals surface area contributed by atoms with Crippen LogP contribution < -0.4 is 37.2 Å².